The number of carboxylic acids is 1. The zero-order valence-corrected chi connectivity index (χ0v) is 9.81. The third-order valence-electron chi connectivity index (χ3n) is 2.01. The smallest absolute Gasteiger partial charge is 0.332 e. The van der Waals surface area contributed by atoms with Crippen molar-refractivity contribution in [3.8, 4) is 10.8 Å². The van der Waals surface area contributed by atoms with E-state index in [1.807, 2.05) is 17.5 Å². The summed E-state index contributed by atoms with van der Waals surface area (Å²) in [6.45, 7) is 1.46. The van der Waals surface area contributed by atoms with Gasteiger partial charge in [0.05, 0.1) is 4.88 Å². The Hall–Kier alpha value is -1.73. The zero-order chi connectivity index (χ0) is 12.3. The highest BCUT2D eigenvalue weighted by Crippen LogP contribution is 2.22. The van der Waals surface area contributed by atoms with E-state index in [2.05, 4.69) is 10.1 Å². The predicted octanol–water partition coefficient (Wildman–Crippen LogP) is 1.79. The van der Waals surface area contributed by atoms with Crippen molar-refractivity contribution in [2.75, 3.05) is 0 Å². The molecule has 0 unspecified atom stereocenters. The fourth-order valence-corrected chi connectivity index (χ4v) is 1.73. The van der Waals surface area contributed by atoms with E-state index >= 15 is 0 Å². The lowest BCUT2D eigenvalue weighted by molar-refractivity contribution is -0.150. The zero-order valence-electron chi connectivity index (χ0n) is 8.99. The molecule has 2 aromatic heterocycles. The van der Waals surface area contributed by atoms with E-state index in [9.17, 15) is 4.79 Å². The van der Waals surface area contributed by atoms with Crippen LogP contribution in [-0.2, 0) is 16.1 Å². The van der Waals surface area contributed by atoms with Gasteiger partial charge in [-0.15, -0.1) is 11.3 Å². The minimum Gasteiger partial charge on any atom is -0.479 e. The minimum atomic E-state index is -1.02. The standard InChI is InChI=1S/C10H10N2O4S/c1-6(10(13)14)15-5-8-11-9(16-12-8)7-3-2-4-17-7/h2-4,6H,5H2,1H3,(H,13,14)/t6-/m0/s1. The molecule has 0 saturated carbocycles. The summed E-state index contributed by atoms with van der Waals surface area (Å²) in [5.41, 5.74) is 0. The van der Waals surface area contributed by atoms with Crippen molar-refractivity contribution in [2.45, 2.75) is 19.6 Å². The molecule has 1 atom stereocenters. The second-order valence-electron chi connectivity index (χ2n) is 3.28. The first-order valence-corrected chi connectivity index (χ1v) is 5.75. The molecule has 2 rings (SSSR count). The van der Waals surface area contributed by atoms with Crippen molar-refractivity contribution in [1.82, 2.24) is 10.1 Å². The Labute approximate surface area is 101 Å². The maximum absolute atomic E-state index is 10.5. The van der Waals surface area contributed by atoms with Crippen LogP contribution in [0.3, 0.4) is 0 Å². The van der Waals surface area contributed by atoms with Crippen LogP contribution in [-0.4, -0.2) is 27.3 Å². The van der Waals surface area contributed by atoms with Crippen LogP contribution < -0.4 is 0 Å². The summed E-state index contributed by atoms with van der Waals surface area (Å²) in [7, 11) is 0. The van der Waals surface area contributed by atoms with Crippen LogP contribution in [0.15, 0.2) is 22.0 Å². The highest BCUT2D eigenvalue weighted by Gasteiger charge is 2.14. The molecule has 2 aromatic rings. The first-order chi connectivity index (χ1) is 8.16. The number of nitrogens with zero attached hydrogens (tertiary/aromatic N) is 2. The third-order valence-corrected chi connectivity index (χ3v) is 2.87. The molecule has 1 N–H and O–H groups in total. The van der Waals surface area contributed by atoms with Crippen molar-refractivity contribution in [2.24, 2.45) is 0 Å². The van der Waals surface area contributed by atoms with Gasteiger partial charge in [-0.25, -0.2) is 4.79 Å². The molecule has 0 saturated heterocycles. The number of thiophene rings is 1. The van der Waals surface area contributed by atoms with Gasteiger partial charge in [-0.3, -0.25) is 0 Å². The normalized spacial score (nSPS) is 12.5. The minimum absolute atomic E-state index is 0.0162. The second kappa shape index (κ2) is 5.07. The molecule has 2 heterocycles. The first kappa shape index (κ1) is 11.7. The van der Waals surface area contributed by atoms with Gasteiger partial charge < -0.3 is 14.4 Å². The van der Waals surface area contributed by atoms with Crippen LogP contribution in [0.25, 0.3) is 10.8 Å². The molecule has 0 aliphatic heterocycles. The number of hydrogen-bond donors (Lipinski definition) is 1. The second-order valence-corrected chi connectivity index (χ2v) is 4.23. The summed E-state index contributed by atoms with van der Waals surface area (Å²) >= 11 is 1.49. The molecule has 0 aliphatic rings. The molecule has 0 fully saturated rings. The molecular formula is C10H10N2O4S. The molecule has 17 heavy (non-hydrogen) atoms. The molecule has 90 valence electrons. The van der Waals surface area contributed by atoms with Crippen LogP contribution in [0.2, 0.25) is 0 Å². The van der Waals surface area contributed by atoms with Gasteiger partial charge in [-0.1, -0.05) is 11.2 Å². The Bertz CT molecular complexity index is 494. The number of carboxylic acid groups (broad SMARTS) is 1. The Morgan fingerprint density at radius 1 is 1.71 bits per heavy atom. The molecule has 0 aromatic carbocycles. The number of carbonyl (C=O) groups is 1. The Balaban J connectivity index is 1.97. The molecule has 0 bridgehead atoms. The summed E-state index contributed by atoms with van der Waals surface area (Å²) in [4.78, 5) is 15.5. The topological polar surface area (TPSA) is 85.5 Å². The van der Waals surface area contributed by atoms with Crippen molar-refractivity contribution in [3.05, 3.63) is 23.3 Å². The lowest BCUT2D eigenvalue weighted by Gasteiger charge is -2.04. The number of rotatable bonds is 5. The van der Waals surface area contributed by atoms with Gasteiger partial charge in [-0.2, -0.15) is 4.98 Å². The molecule has 6 nitrogen and oxygen atoms in total. The van der Waals surface area contributed by atoms with Crippen molar-refractivity contribution in [1.29, 1.82) is 0 Å². The summed E-state index contributed by atoms with van der Waals surface area (Å²) in [6, 6.07) is 3.75. The highest BCUT2D eigenvalue weighted by molar-refractivity contribution is 7.13. The van der Waals surface area contributed by atoms with Crippen LogP contribution in [0, 0.1) is 0 Å². The Morgan fingerprint density at radius 2 is 2.53 bits per heavy atom. The Morgan fingerprint density at radius 3 is 3.18 bits per heavy atom. The van der Waals surface area contributed by atoms with E-state index in [1.54, 1.807) is 0 Å². The average molecular weight is 254 g/mol. The van der Waals surface area contributed by atoms with Gasteiger partial charge >= 0.3 is 5.97 Å². The van der Waals surface area contributed by atoms with Gasteiger partial charge in [0.25, 0.3) is 5.89 Å². The lowest BCUT2D eigenvalue weighted by Crippen LogP contribution is -2.19. The van der Waals surface area contributed by atoms with Gasteiger partial charge in [0.1, 0.15) is 6.61 Å². The van der Waals surface area contributed by atoms with Gasteiger partial charge in [0.15, 0.2) is 11.9 Å². The van der Waals surface area contributed by atoms with E-state index < -0.39 is 12.1 Å². The number of aliphatic carboxylic acids is 1. The van der Waals surface area contributed by atoms with Gasteiger partial charge in [-0.05, 0) is 18.4 Å². The van der Waals surface area contributed by atoms with Crippen LogP contribution >= 0.6 is 11.3 Å². The molecule has 7 heteroatoms. The summed E-state index contributed by atoms with van der Waals surface area (Å²) in [5.74, 6) is -0.268. The van der Waals surface area contributed by atoms with Crippen molar-refractivity contribution in [3.63, 3.8) is 0 Å². The van der Waals surface area contributed by atoms with E-state index in [4.69, 9.17) is 14.4 Å². The van der Waals surface area contributed by atoms with E-state index in [0.717, 1.165) is 4.88 Å². The predicted molar refractivity (Wildman–Crippen MR) is 59.5 cm³/mol. The number of hydrogen-bond acceptors (Lipinski definition) is 6. The van der Waals surface area contributed by atoms with Crippen molar-refractivity contribution >= 4 is 17.3 Å². The molecule has 0 spiro atoms. The molecule has 0 aliphatic carbocycles. The van der Waals surface area contributed by atoms with Crippen LogP contribution in [0.4, 0.5) is 0 Å². The highest BCUT2D eigenvalue weighted by atomic mass is 32.1. The Kier molecular flexibility index (Phi) is 3.50. The summed E-state index contributed by atoms with van der Waals surface area (Å²) in [6.07, 6.45) is -0.890. The average Bonchev–Trinajstić information content (AvgIpc) is 2.95. The number of ether oxygens (including phenoxy) is 1. The lowest BCUT2D eigenvalue weighted by atomic mass is 10.4. The van der Waals surface area contributed by atoms with Gasteiger partial charge in [0.2, 0.25) is 0 Å². The largest absolute Gasteiger partial charge is 0.479 e. The first-order valence-electron chi connectivity index (χ1n) is 4.87. The maximum atomic E-state index is 10.5. The molecular weight excluding hydrogens is 244 g/mol. The van der Waals surface area contributed by atoms with Crippen LogP contribution in [0.5, 0.6) is 0 Å². The fourth-order valence-electron chi connectivity index (χ4n) is 1.08. The third kappa shape index (κ3) is 2.89. The van der Waals surface area contributed by atoms with Crippen LogP contribution in [0.1, 0.15) is 12.7 Å². The quantitative estimate of drug-likeness (QED) is 0.875. The van der Waals surface area contributed by atoms with Gasteiger partial charge in [0, 0.05) is 0 Å². The monoisotopic (exact) mass is 254 g/mol. The molecule has 0 radical (unpaired) electrons. The SMILES string of the molecule is C[C@H](OCc1noc(-c2cccs2)n1)C(=O)O. The van der Waals surface area contributed by atoms with E-state index in [-0.39, 0.29) is 6.61 Å². The fraction of sp³-hybridized carbons (Fsp3) is 0.300. The summed E-state index contributed by atoms with van der Waals surface area (Å²) in [5, 5.41) is 14.2. The van der Waals surface area contributed by atoms with E-state index in [1.165, 1.54) is 18.3 Å². The number of aromatic nitrogens is 2. The maximum Gasteiger partial charge on any atom is 0.332 e. The summed E-state index contributed by atoms with van der Waals surface area (Å²) < 4.78 is 10.1. The van der Waals surface area contributed by atoms with Crippen molar-refractivity contribution < 1.29 is 19.2 Å². The van der Waals surface area contributed by atoms with E-state index in [0.29, 0.717) is 11.7 Å². The molecule has 0 amide bonds.